The molecular formula is C14H12N2S. The van der Waals surface area contributed by atoms with Crippen LogP contribution in [-0.4, -0.2) is 9.97 Å². The van der Waals surface area contributed by atoms with Gasteiger partial charge < -0.3 is 0 Å². The highest BCUT2D eigenvalue weighted by Gasteiger charge is 2.08. The molecule has 0 fully saturated rings. The Morgan fingerprint density at radius 3 is 2.82 bits per heavy atom. The highest BCUT2D eigenvalue weighted by Crippen LogP contribution is 2.29. The molecule has 0 spiro atoms. The number of rotatable bonds is 2. The number of aromatic nitrogens is 2. The minimum atomic E-state index is 0.993. The third-order valence-electron chi connectivity index (χ3n) is 2.78. The first kappa shape index (κ1) is 10.4. The van der Waals surface area contributed by atoms with Crippen molar-refractivity contribution < 1.29 is 0 Å². The second-order valence-corrected chi connectivity index (χ2v) is 4.98. The molecule has 2 aromatic heterocycles. The topological polar surface area (TPSA) is 25.8 Å². The zero-order valence-electron chi connectivity index (χ0n) is 9.55. The Kier molecular flexibility index (Phi) is 2.61. The Morgan fingerprint density at radius 1 is 1.12 bits per heavy atom. The highest BCUT2D eigenvalue weighted by atomic mass is 32.1. The lowest BCUT2D eigenvalue weighted by molar-refractivity contribution is 1.17. The summed E-state index contributed by atoms with van der Waals surface area (Å²) >= 11 is 1.73. The van der Waals surface area contributed by atoms with Crippen molar-refractivity contribution in [1.82, 2.24) is 9.97 Å². The van der Waals surface area contributed by atoms with E-state index in [0.29, 0.717) is 0 Å². The van der Waals surface area contributed by atoms with Gasteiger partial charge in [0.1, 0.15) is 10.7 Å². The minimum absolute atomic E-state index is 0.993. The van der Waals surface area contributed by atoms with Crippen LogP contribution in [0.1, 0.15) is 11.8 Å². The molecule has 0 radical (unpaired) electrons. The summed E-state index contributed by atoms with van der Waals surface area (Å²) in [6, 6.07) is 10.3. The Bertz CT molecular complexity index is 653. The molecule has 0 aliphatic rings. The molecule has 3 rings (SSSR count). The number of aryl methyl sites for hydroxylation is 1. The minimum Gasteiger partial charge on any atom is -0.253 e. The second kappa shape index (κ2) is 4.26. The highest BCUT2D eigenvalue weighted by molar-refractivity contribution is 7.15. The first-order valence-electron chi connectivity index (χ1n) is 5.67. The second-order valence-electron chi connectivity index (χ2n) is 3.87. The van der Waals surface area contributed by atoms with Gasteiger partial charge in [-0.05, 0) is 17.9 Å². The standard InChI is InChI=1S/C14H12N2S/c1-2-11-9-16-14(17-11)13-12-6-4-3-5-10(12)7-8-15-13/h3-9H,2H2,1H3. The number of fused-ring (bicyclic) bond motifs is 1. The van der Waals surface area contributed by atoms with E-state index in [1.54, 1.807) is 11.3 Å². The van der Waals surface area contributed by atoms with Crippen LogP contribution in [0.5, 0.6) is 0 Å². The molecule has 0 N–H and O–H groups in total. The number of benzene rings is 1. The lowest BCUT2D eigenvalue weighted by Gasteiger charge is -2.01. The Hall–Kier alpha value is -1.74. The summed E-state index contributed by atoms with van der Waals surface area (Å²) in [6.07, 6.45) is 4.83. The molecule has 0 amide bonds. The third kappa shape index (κ3) is 1.83. The van der Waals surface area contributed by atoms with Crippen molar-refractivity contribution in [2.75, 3.05) is 0 Å². The van der Waals surface area contributed by atoms with Gasteiger partial charge in [0.25, 0.3) is 0 Å². The van der Waals surface area contributed by atoms with Crippen molar-refractivity contribution in [2.45, 2.75) is 13.3 Å². The molecule has 84 valence electrons. The first-order chi connectivity index (χ1) is 8.38. The molecule has 17 heavy (non-hydrogen) atoms. The van der Waals surface area contributed by atoms with Gasteiger partial charge in [0, 0.05) is 22.7 Å². The lowest BCUT2D eigenvalue weighted by atomic mass is 10.1. The van der Waals surface area contributed by atoms with Crippen LogP contribution < -0.4 is 0 Å². The van der Waals surface area contributed by atoms with Crippen molar-refractivity contribution in [3.63, 3.8) is 0 Å². The van der Waals surface area contributed by atoms with Crippen LogP contribution in [-0.2, 0) is 6.42 Å². The first-order valence-corrected chi connectivity index (χ1v) is 6.49. The monoisotopic (exact) mass is 240 g/mol. The average molecular weight is 240 g/mol. The van der Waals surface area contributed by atoms with E-state index in [9.17, 15) is 0 Å². The number of hydrogen-bond donors (Lipinski definition) is 0. The largest absolute Gasteiger partial charge is 0.253 e. The molecule has 0 unspecified atom stereocenters. The quantitative estimate of drug-likeness (QED) is 0.678. The van der Waals surface area contributed by atoms with Gasteiger partial charge in [-0.15, -0.1) is 11.3 Å². The van der Waals surface area contributed by atoms with E-state index >= 15 is 0 Å². The molecule has 3 heteroatoms. The summed E-state index contributed by atoms with van der Waals surface area (Å²) in [4.78, 5) is 10.2. The van der Waals surface area contributed by atoms with Gasteiger partial charge in [0.2, 0.25) is 0 Å². The van der Waals surface area contributed by atoms with E-state index in [-0.39, 0.29) is 0 Å². The average Bonchev–Trinajstić information content (AvgIpc) is 2.87. The molecule has 0 aliphatic carbocycles. The van der Waals surface area contributed by atoms with Crippen molar-refractivity contribution in [3.05, 3.63) is 47.6 Å². The van der Waals surface area contributed by atoms with Crippen molar-refractivity contribution in [3.8, 4) is 10.7 Å². The number of nitrogens with zero attached hydrogens (tertiary/aromatic N) is 2. The van der Waals surface area contributed by atoms with Crippen LogP contribution in [0.3, 0.4) is 0 Å². The molecular weight excluding hydrogens is 228 g/mol. The van der Waals surface area contributed by atoms with Gasteiger partial charge in [-0.25, -0.2) is 4.98 Å². The maximum Gasteiger partial charge on any atom is 0.142 e. The predicted octanol–water partition coefficient (Wildman–Crippen LogP) is 3.92. The van der Waals surface area contributed by atoms with Crippen LogP contribution in [0.25, 0.3) is 21.5 Å². The molecule has 0 saturated carbocycles. The molecule has 0 bridgehead atoms. The van der Waals surface area contributed by atoms with Gasteiger partial charge in [-0.1, -0.05) is 31.2 Å². The SMILES string of the molecule is CCc1cnc(-c2nccc3ccccc23)s1. The zero-order valence-corrected chi connectivity index (χ0v) is 10.4. The van der Waals surface area contributed by atoms with Gasteiger partial charge in [-0.2, -0.15) is 0 Å². The molecule has 2 nitrogen and oxygen atoms in total. The van der Waals surface area contributed by atoms with E-state index in [2.05, 4.69) is 29.0 Å². The fraction of sp³-hybridized carbons (Fsp3) is 0.143. The number of thiazole rings is 1. The summed E-state index contributed by atoms with van der Waals surface area (Å²) in [5.74, 6) is 0. The maximum atomic E-state index is 4.47. The lowest BCUT2D eigenvalue weighted by Crippen LogP contribution is -1.84. The number of pyridine rings is 1. The van der Waals surface area contributed by atoms with E-state index in [0.717, 1.165) is 17.1 Å². The summed E-state index contributed by atoms with van der Waals surface area (Å²) in [6.45, 7) is 2.15. The van der Waals surface area contributed by atoms with Gasteiger partial charge in [0.15, 0.2) is 0 Å². The van der Waals surface area contributed by atoms with Crippen LogP contribution in [0.4, 0.5) is 0 Å². The van der Waals surface area contributed by atoms with E-state index in [4.69, 9.17) is 0 Å². The molecule has 2 heterocycles. The maximum absolute atomic E-state index is 4.47. The van der Waals surface area contributed by atoms with Gasteiger partial charge >= 0.3 is 0 Å². The normalized spacial score (nSPS) is 10.9. The Morgan fingerprint density at radius 2 is 2.00 bits per heavy atom. The molecule has 1 aromatic carbocycles. The smallest absolute Gasteiger partial charge is 0.142 e. The summed E-state index contributed by atoms with van der Waals surface area (Å²) < 4.78 is 0. The third-order valence-corrected chi connectivity index (χ3v) is 3.93. The van der Waals surface area contributed by atoms with Crippen LogP contribution in [0.2, 0.25) is 0 Å². The number of hydrogen-bond acceptors (Lipinski definition) is 3. The summed E-state index contributed by atoms with van der Waals surface area (Å²) in [5, 5.41) is 3.40. The fourth-order valence-corrected chi connectivity index (χ4v) is 2.73. The Labute approximate surface area is 104 Å². The van der Waals surface area contributed by atoms with Crippen molar-refractivity contribution in [1.29, 1.82) is 0 Å². The molecule has 3 aromatic rings. The van der Waals surface area contributed by atoms with Crippen LogP contribution in [0, 0.1) is 0 Å². The molecule has 0 aliphatic heterocycles. The zero-order chi connectivity index (χ0) is 11.7. The van der Waals surface area contributed by atoms with Crippen LogP contribution in [0.15, 0.2) is 42.7 Å². The van der Waals surface area contributed by atoms with E-state index in [1.807, 2.05) is 30.6 Å². The predicted molar refractivity (Wildman–Crippen MR) is 72.2 cm³/mol. The summed E-state index contributed by atoms with van der Waals surface area (Å²) in [5.41, 5.74) is 0.993. The van der Waals surface area contributed by atoms with Gasteiger partial charge in [-0.3, -0.25) is 4.98 Å². The van der Waals surface area contributed by atoms with E-state index in [1.165, 1.54) is 15.6 Å². The van der Waals surface area contributed by atoms with Crippen molar-refractivity contribution >= 4 is 22.1 Å². The van der Waals surface area contributed by atoms with E-state index < -0.39 is 0 Å². The van der Waals surface area contributed by atoms with Crippen LogP contribution >= 0.6 is 11.3 Å². The fourth-order valence-electron chi connectivity index (χ4n) is 1.87. The summed E-state index contributed by atoms with van der Waals surface area (Å²) in [7, 11) is 0. The molecule has 0 saturated heterocycles. The Balaban J connectivity index is 2.23. The molecule has 0 atom stereocenters. The van der Waals surface area contributed by atoms with Crippen molar-refractivity contribution in [2.24, 2.45) is 0 Å². The van der Waals surface area contributed by atoms with Gasteiger partial charge in [0.05, 0.1) is 0 Å².